The van der Waals surface area contributed by atoms with Gasteiger partial charge in [0, 0.05) is 23.2 Å². The minimum atomic E-state index is -0.750. The lowest BCUT2D eigenvalue weighted by molar-refractivity contribution is -0.143. The second-order valence-corrected chi connectivity index (χ2v) is 9.85. The van der Waals surface area contributed by atoms with Gasteiger partial charge in [-0.2, -0.15) is 0 Å². The van der Waals surface area contributed by atoms with Gasteiger partial charge < -0.3 is 10.2 Å². The average molecular weight is 471 g/mol. The lowest BCUT2D eigenvalue weighted by atomic mass is 9.97. The highest BCUT2D eigenvalue weighted by molar-refractivity contribution is 5.91. The summed E-state index contributed by atoms with van der Waals surface area (Å²) in [4.78, 5) is 33.8. The number of nitrogens with zero attached hydrogens (tertiary/aromatic N) is 5. The van der Waals surface area contributed by atoms with Gasteiger partial charge in [0.1, 0.15) is 18.1 Å². The first-order valence-corrected chi connectivity index (χ1v) is 12.1. The summed E-state index contributed by atoms with van der Waals surface area (Å²) in [6.07, 6.45) is 4.27. The van der Waals surface area contributed by atoms with Gasteiger partial charge in [0.2, 0.25) is 11.8 Å². The van der Waals surface area contributed by atoms with Gasteiger partial charge in [0.25, 0.3) is 0 Å². The second-order valence-electron chi connectivity index (χ2n) is 9.85. The smallest absolute Gasteiger partial charge is 0.247 e. The number of carbonyl (C=O) groups excluding carboxylic acids is 2. The molecule has 0 bridgehead atoms. The Kier molecular flexibility index (Phi) is 5.96. The zero-order chi connectivity index (χ0) is 24.6. The molecular weight excluding hydrogens is 440 g/mol. The van der Waals surface area contributed by atoms with Gasteiger partial charge in [-0.15, -0.1) is 5.10 Å². The van der Waals surface area contributed by atoms with E-state index in [1.165, 1.54) is 0 Å². The quantitative estimate of drug-likeness (QED) is 0.420. The first kappa shape index (κ1) is 23.0. The van der Waals surface area contributed by atoms with Gasteiger partial charge in [0.05, 0.1) is 11.0 Å². The summed E-state index contributed by atoms with van der Waals surface area (Å²) in [5.41, 5.74) is 2.76. The lowest BCUT2D eigenvalue weighted by Gasteiger charge is -2.35. The molecule has 2 aromatic heterocycles. The highest BCUT2D eigenvalue weighted by Gasteiger charge is 2.42. The average Bonchev–Trinajstić information content (AvgIpc) is 3.62. The van der Waals surface area contributed by atoms with E-state index < -0.39 is 11.6 Å². The predicted octanol–water partition coefficient (Wildman–Crippen LogP) is 4.02. The van der Waals surface area contributed by atoms with Gasteiger partial charge in [-0.25, -0.2) is 4.68 Å². The van der Waals surface area contributed by atoms with Crippen LogP contribution in [0, 0.1) is 0 Å². The van der Waals surface area contributed by atoms with Crippen LogP contribution in [0.2, 0.25) is 0 Å². The summed E-state index contributed by atoms with van der Waals surface area (Å²) >= 11 is 0. The number of fused-ring (bicyclic) bond motifs is 2. The van der Waals surface area contributed by atoms with Crippen molar-refractivity contribution in [2.75, 3.05) is 0 Å². The third-order valence-electron chi connectivity index (χ3n) is 6.75. The van der Waals surface area contributed by atoms with Crippen LogP contribution in [-0.4, -0.2) is 48.3 Å². The standard InChI is InChI=1S/C27H30N6O2/c1-4-27(2,3)29-26(35)25(19-11-14-21-18(16-19)8-7-15-28-21)33(20-12-13-20)24(34)17-32-23-10-6-5-9-22(23)30-31-32/h5-11,14-16,20,25H,4,12-13,17H2,1-3H3,(H,29,35)/t25-/m0/s1. The molecule has 1 saturated carbocycles. The van der Waals surface area contributed by atoms with Crippen molar-refractivity contribution < 1.29 is 9.59 Å². The summed E-state index contributed by atoms with van der Waals surface area (Å²) in [5.74, 6) is -0.326. The molecule has 2 amide bonds. The molecule has 0 unspecified atom stereocenters. The molecule has 180 valence electrons. The second kappa shape index (κ2) is 9.09. The molecule has 8 heteroatoms. The van der Waals surface area contributed by atoms with Gasteiger partial charge in [-0.05, 0) is 69.0 Å². The van der Waals surface area contributed by atoms with Crippen LogP contribution in [-0.2, 0) is 16.1 Å². The number of rotatable bonds is 8. The monoisotopic (exact) mass is 470 g/mol. The van der Waals surface area contributed by atoms with E-state index in [9.17, 15) is 9.59 Å². The lowest BCUT2D eigenvalue weighted by Crippen LogP contribution is -2.51. The molecule has 0 saturated heterocycles. The van der Waals surface area contributed by atoms with E-state index in [-0.39, 0.29) is 24.4 Å². The minimum Gasteiger partial charge on any atom is -0.349 e. The maximum absolute atomic E-state index is 13.8. The van der Waals surface area contributed by atoms with Crippen LogP contribution in [0.1, 0.15) is 51.6 Å². The number of aromatic nitrogens is 4. The molecule has 0 radical (unpaired) electrons. The molecular formula is C27H30N6O2. The number of benzene rings is 2. The van der Waals surface area contributed by atoms with E-state index in [2.05, 4.69) is 20.6 Å². The third kappa shape index (κ3) is 4.73. The molecule has 1 fully saturated rings. The van der Waals surface area contributed by atoms with Crippen LogP contribution >= 0.6 is 0 Å². The van der Waals surface area contributed by atoms with E-state index in [1.54, 1.807) is 15.8 Å². The van der Waals surface area contributed by atoms with E-state index in [0.29, 0.717) is 0 Å². The van der Waals surface area contributed by atoms with Crippen molar-refractivity contribution in [2.24, 2.45) is 0 Å². The zero-order valence-corrected chi connectivity index (χ0v) is 20.3. The molecule has 1 N–H and O–H groups in total. The third-order valence-corrected chi connectivity index (χ3v) is 6.75. The Balaban J connectivity index is 1.54. The van der Waals surface area contributed by atoms with Crippen LogP contribution < -0.4 is 5.32 Å². The van der Waals surface area contributed by atoms with Crippen molar-refractivity contribution in [3.63, 3.8) is 0 Å². The highest BCUT2D eigenvalue weighted by Crippen LogP contribution is 2.36. The molecule has 1 aliphatic carbocycles. The van der Waals surface area contributed by atoms with Crippen LogP contribution in [0.5, 0.6) is 0 Å². The predicted molar refractivity (Wildman–Crippen MR) is 134 cm³/mol. The maximum Gasteiger partial charge on any atom is 0.247 e. The van der Waals surface area contributed by atoms with E-state index in [1.807, 2.05) is 75.4 Å². The van der Waals surface area contributed by atoms with Crippen molar-refractivity contribution in [3.8, 4) is 0 Å². The van der Waals surface area contributed by atoms with Crippen LogP contribution in [0.3, 0.4) is 0 Å². The van der Waals surface area contributed by atoms with Crippen molar-refractivity contribution >= 4 is 33.8 Å². The Morgan fingerprint density at radius 2 is 1.91 bits per heavy atom. The molecule has 5 rings (SSSR count). The molecule has 1 aliphatic rings. The van der Waals surface area contributed by atoms with Crippen molar-refractivity contribution in [2.45, 2.75) is 64.2 Å². The fourth-order valence-electron chi connectivity index (χ4n) is 4.35. The largest absolute Gasteiger partial charge is 0.349 e. The topological polar surface area (TPSA) is 93.0 Å². The van der Waals surface area contributed by atoms with Crippen molar-refractivity contribution in [1.29, 1.82) is 0 Å². The van der Waals surface area contributed by atoms with Gasteiger partial charge in [-0.1, -0.05) is 36.4 Å². The Bertz CT molecular complexity index is 1390. The number of carbonyl (C=O) groups is 2. The number of para-hydroxylation sites is 1. The first-order chi connectivity index (χ1) is 16.9. The molecule has 4 aromatic rings. The normalized spacial score (nSPS) is 14.7. The number of hydrogen-bond donors (Lipinski definition) is 1. The van der Waals surface area contributed by atoms with Gasteiger partial charge in [0.15, 0.2) is 0 Å². The summed E-state index contributed by atoms with van der Waals surface area (Å²) in [5, 5.41) is 12.5. The van der Waals surface area contributed by atoms with Gasteiger partial charge in [-0.3, -0.25) is 14.6 Å². The first-order valence-electron chi connectivity index (χ1n) is 12.1. The van der Waals surface area contributed by atoms with Crippen molar-refractivity contribution in [3.05, 3.63) is 66.4 Å². The number of pyridine rings is 1. The summed E-state index contributed by atoms with van der Waals surface area (Å²) in [6, 6.07) is 16.5. The van der Waals surface area contributed by atoms with Crippen LogP contribution in [0.25, 0.3) is 21.9 Å². The Morgan fingerprint density at radius 3 is 2.69 bits per heavy atom. The number of amides is 2. The zero-order valence-electron chi connectivity index (χ0n) is 20.3. The SMILES string of the molecule is CCC(C)(C)NC(=O)[C@H](c1ccc2ncccc2c1)N(C(=O)Cn1nnc2ccccc21)C1CC1. The number of hydrogen-bond acceptors (Lipinski definition) is 5. The maximum atomic E-state index is 13.8. The van der Waals surface area contributed by atoms with Gasteiger partial charge >= 0.3 is 0 Å². The molecule has 2 heterocycles. The van der Waals surface area contributed by atoms with E-state index in [4.69, 9.17) is 0 Å². The van der Waals surface area contributed by atoms with E-state index >= 15 is 0 Å². The molecule has 0 spiro atoms. The fraction of sp³-hybridized carbons (Fsp3) is 0.370. The molecule has 0 aliphatic heterocycles. The Labute approximate surface area is 204 Å². The Hall–Kier alpha value is -3.81. The molecule has 8 nitrogen and oxygen atoms in total. The molecule has 1 atom stereocenters. The summed E-state index contributed by atoms with van der Waals surface area (Å²) < 4.78 is 1.61. The van der Waals surface area contributed by atoms with Crippen LogP contribution in [0.15, 0.2) is 60.8 Å². The molecule has 2 aromatic carbocycles. The molecule has 35 heavy (non-hydrogen) atoms. The Morgan fingerprint density at radius 1 is 1.11 bits per heavy atom. The highest BCUT2D eigenvalue weighted by atomic mass is 16.2. The van der Waals surface area contributed by atoms with E-state index in [0.717, 1.165) is 46.8 Å². The summed E-state index contributed by atoms with van der Waals surface area (Å²) in [7, 11) is 0. The van der Waals surface area contributed by atoms with Crippen molar-refractivity contribution in [1.82, 2.24) is 30.2 Å². The fourth-order valence-corrected chi connectivity index (χ4v) is 4.35. The number of nitrogens with one attached hydrogen (secondary N) is 1. The summed E-state index contributed by atoms with van der Waals surface area (Å²) in [6.45, 7) is 6.05. The minimum absolute atomic E-state index is 0.0161. The van der Waals surface area contributed by atoms with Crippen LogP contribution in [0.4, 0.5) is 0 Å².